The van der Waals surface area contributed by atoms with Gasteiger partial charge in [-0.15, -0.1) is 0 Å². The summed E-state index contributed by atoms with van der Waals surface area (Å²) in [5.74, 6) is -0.226. The van der Waals surface area contributed by atoms with Crippen LogP contribution in [0.1, 0.15) is 32.6 Å². The number of hydrogen-bond acceptors (Lipinski definition) is 3. The molecular formula is C13H22N2O4. The summed E-state index contributed by atoms with van der Waals surface area (Å²) >= 11 is 0. The number of ether oxygens (including phenoxy) is 1. The van der Waals surface area contributed by atoms with Crippen LogP contribution in [0, 0.1) is 11.8 Å². The molecule has 6 heteroatoms. The molecular weight excluding hydrogens is 248 g/mol. The summed E-state index contributed by atoms with van der Waals surface area (Å²) in [6.07, 6.45) is 4.19. The summed E-state index contributed by atoms with van der Waals surface area (Å²) in [5, 5.41) is 14.4. The number of aliphatic carboxylic acids is 1. The minimum atomic E-state index is -1.15. The fourth-order valence-electron chi connectivity index (χ4n) is 2.04. The van der Waals surface area contributed by atoms with Crippen molar-refractivity contribution in [2.24, 2.45) is 11.8 Å². The minimum absolute atomic E-state index is 0.0434. The molecule has 0 aromatic heterocycles. The topological polar surface area (TPSA) is 87.7 Å². The molecule has 0 heterocycles. The van der Waals surface area contributed by atoms with Crippen molar-refractivity contribution >= 4 is 12.0 Å². The first-order valence-corrected chi connectivity index (χ1v) is 6.89. The number of hydrogen-bond donors (Lipinski definition) is 3. The molecule has 0 aromatic carbocycles. The van der Waals surface area contributed by atoms with Gasteiger partial charge < -0.3 is 20.5 Å². The highest BCUT2D eigenvalue weighted by Crippen LogP contribution is 2.39. The maximum atomic E-state index is 11.7. The van der Waals surface area contributed by atoms with Crippen LogP contribution in [-0.4, -0.2) is 42.4 Å². The lowest BCUT2D eigenvalue weighted by Gasteiger charge is -2.26. The molecule has 19 heavy (non-hydrogen) atoms. The van der Waals surface area contributed by atoms with E-state index in [0.717, 1.165) is 19.4 Å². The molecule has 2 saturated carbocycles. The van der Waals surface area contributed by atoms with Gasteiger partial charge in [-0.1, -0.05) is 0 Å². The average Bonchev–Trinajstić information content (AvgIpc) is 3.20. The third-order valence-electron chi connectivity index (χ3n) is 3.79. The third-order valence-corrected chi connectivity index (χ3v) is 3.79. The van der Waals surface area contributed by atoms with E-state index in [1.165, 1.54) is 12.8 Å². The molecule has 0 aromatic rings. The molecule has 2 aliphatic carbocycles. The van der Waals surface area contributed by atoms with Gasteiger partial charge in [-0.05, 0) is 44.4 Å². The molecule has 0 aliphatic heterocycles. The number of urea groups is 1. The van der Waals surface area contributed by atoms with Crippen LogP contribution in [0.2, 0.25) is 0 Å². The van der Waals surface area contributed by atoms with Crippen molar-refractivity contribution in [3.8, 4) is 0 Å². The zero-order chi connectivity index (χ0) is 13.9. The molecule has 108 valence electrons. The smallest absolute Gasteiger partial charge is 0.329 e. The van der Waals surface area contributed by atoms with Crippen LogP contribution in [0.15, 0.2) is 0 Å². The number of carboxylic acid groups (broad SMARTS) is 1. The molecule has 1 unspecified atom stereocenters. The average molecular weight is 270 g/mol. The number of amides is 2. The lowest BCUT2D eigenvalue weighted by molar-refractivity contribution is -0.144. The van der Waals surface area contributed by atoms with E-state index in [4.69, 9.17) is 4.74 Å². The Morgan fingerprint density at radius 2 is 2.00 bits per heavy atom. The van der Waals surface area contributed by atoms with Gasteiger partial charge >= 0.3 is 12.0 Å². The van der Waals surface area contributed by atoms with Gasteiger partial charge in [0.05, 0.1) is 6.61 Å². The van der Waals surface area contributed by atoms with Gasteiger partial charge in [0, 0.05) is 13.2 Å². The molecule has 0 radical (unpaired) electrons. The van der Waals surface area contributed by atoms with Crippen LogP contribution in [0.25, 0.3) is 0 Å². The van der Waals surface area contributed by atoms with Crippen molar-refractivity contribution in [2.45, 2.75) is 38.1 Å². The van der Waals surface area contributed by atoms with Crippen molar-refractivity contribution in [3.63, 3.8) is 0 Å². The predicted octanol–water partition coefficient (Wildman–Crippen LogP) is 0.965. The highest BCUT2D eigenvalue weighted by atomic mass is 16.5. The SMILES string of the molecule is CC(NC(=O)NCCOCC1CC1)(C(=O)O)C1CC1. The van der Waals surface area contributed by atoms with E-state index < -0.39 is 17.5 Å². The maximum Gasteiger partial charge on any atom is 0.329 e. The van der Waals surface area contributed by atoms with E-state index in [2.05, 4.69) is 10.6 Å². The highest BCUT2D eigenvalue weighted by molar-refractivity contribution is 5.86. The summed E-state index contributed by atoms with van der Waals surface area (Å²) in [7, 11) is 0. The van der Waals surface area contributed by atoms with Crippen molar-refractivity contribution in [1.82, 2.24) is 10.6 Å². The Balaban J connectivity index is 1.63. The number of rotatable bonds is 8. The number of nitrogens with one attached hydrogen (secondary N) is 2. The van der Waals surface area contributed by atoms with Crippen LogP contribution in [0.4, 0.5) is 4.79 Å². The normalized spacial score (nSPS) is 21.5. The van der Waals surface area contributed by atoms with Crippen LogP contribution in [0.5, 0.6) is 0 Å². The molecule has 2 rings (SSSR count). The van der Waals surface area contributed by atoms with Crippen LogP contribution in [0.3, 0.4) is 0 Å². The van der Waals surface area contributed by atoms with E-state index in [1.807, 2.05) is 0 Å². The Bertz CT molecular complexity index is 353. The van der Waals surface area contributed by atoms with Crippen molar-refractivity contribution in [1.29, 1.82) is 0 Å². The third kappa shape index (κ3) is 4.09. The van der Waals surface area contributed by atoms with Crippen LogP contribution >= 0.6 is 0 Å². The first-order valence-electron chi connectivity index (χ1n) is 6.89. The van der Waals surface area contributed by atoms with E-state index in [-0.39, 0.29) is 5.92 Å². The summed E-state index contributed by atoms with van der Waals surface area (Å²) in [4.78, 5) is 22.9. The Hall–Kier alpha value is -1.30. The second-order valence-electron chi connectivity index (χ2n) is 5.68. The zero-order valence-electron chi connectivity index (χ0n) is 11.3. The predicted molar refractivity (Wildman–Crippen MR) is 68.8 cm³/mol. The van der Waals surface area contributed by atoms with Gasteiger partial charge in [0.2, 0.25) is 0 Å². The first kappa shape index (κ1) is 14.1. The monoisotopic (exact) mass is 270 g/mol. The number of carboxylic acids is 1. The Morgan fingerprint density at radius 1 is 1.32 bits per heavy atom. The maximum absolute atomic E-state index is 11.7. The van der Waals surface area contributed by atoms with E-state index in [0.29, 0.717) is 19.1 Å². The molecule has 1 atom stereocenters. The fraction of sp³-hybridized carbons (Fsp3) is 0.846. The van der Waals surface area contributed by atoms with Crippen molar-refractivity contribution in [3.05, 3.63) is 0 Å². The summed E-state index contributed by atoms with van der Waals surface area (Å²) in [6.45, 7) is 3.20. The van der Waals surface area contributed by atoms with Crippen molar-refractivity contribution < 1.29 is 19.4 Å². The summed E-state index contributed by atoms with van der Waals surface area (Å²) in [5.41, 5.74) is -1.15. The molecule has 3 N–H and O–H groups in total. The van der Waals surface area contributed by atoms with E-state index in [1.54, 1.807) is 6.92 Å². The van der Waals surface area contributed by atoms with Gasteiger partial charge in [0.1, 0.15) is 5.54 Å². The van der Waals surface area contributed by atoms with Gasteiger partial charge in [-0.25, -0.2) is 9.59 Å². The molecule has 0 saturated heterocycles. The first-order chi connectivity index (χ1) is 9.02. The van der Waals surface area contributed by atoms with Gasteiger partial charge in [-0.3, -0.25) is 0 Å². The second kappa shape index (κ2) is 5.77. The Labute approximate surface area is 112 Å². The molecule has 6 nitrogen and oxygen atoms in total. The van der Waals surface area contributed by atoms with Gasteiger partial charge in [-0.2, -0.15) is 0 Å². The van der Waals surface area contributed by atoms with Gasteiger partial charge in [0.25, 0.3) is 0 Å². The lowest BCUT2D eigenvalue weighted by Crippen LogP contribution is -2.57. The van der Waals surface area contributed by atoms with Crippen molar-refractivity contribution in [2.75, 3.05) is 19.8 Å². The molecule has 0 spiro atoms. The summed E-state index contributed by atoms with van der Waals surface area (Å²) < 4.78 is 5.39. The fourth-order valence-corrected chi connectivity index (χ4v) is 2.04. The minimum Gasteiger partial charge on any atom is -0.480 e. The number of carbonyl (C=O) groups is 2. The molecule has 2 amide bonds. The summed E-state index contributed by atoms with van der Waals surface area (Å²) in [6, 6.07) is -0.438. The second-order valence-corrected chi connectivity index (χ2v) is 5.68. The Morgan fingerprint density at radius 3 is 2.53 bits per heavy atom. The molecule has 2 aliphatic rings. The molecule has 0 bridgehead atoms. The van der Waals surface area contributed by atoms with Gasteiger partial charge in [0.15, 0.2) is 0 Å². The van der Waals surface area contributed by atoms with Crippen LogP contribution in [-0.2, 0) is 9.53 Å². The van der Waals surface area contributed by atoms with Crippen LogP contribution < -0.4 is 10.6 Å². The number of carbonyl (C=O) groups excluding carboxylic acids is 1. The standard InChI is InChI=1S/C13H22N2O4/c1-13(11(16)17,10-4-5-10)15-12(18)14-6-7-19-8-9-2-3-9/h9-10H,2-8H2,1H3,(H,16,17)(H2,14,15,18). The Kier molecular flexibility index (Phi) is 4.29. The lowest BCUT2D eigenvalue weighted by atomic mass is 9.96. The highest BCUT2D eigenvalue weighted by Gasteiger charge is 2.48. The van der Waals surface area contributed by atoms with E-state index in [9.17, 15) is 14.7 Å². The quantitative estimate of drug-likeness (QED) is 0.573. The largest absolute Gasteiger partial charge is 0.480 e. The zero-order valence-corrected chi connectivity index (χ0v) is 11.3. The van der Waals surface area contributed by atoms with E-state index >= 15 is 0 Å². The molecule has 2 fully saturated rings.